The van der Waals surface area contributed by atoms with Crippen LogP contribution in [0.4, 0.5) is 0 Å². The predicted octanol–water partition coefficient (Wildman–Crippen LogP) is 5.88. The van der Waals surface area contributed by atoms with Crippen LogP contribution >= 0.6 is 38.6 Å². The topological polar surface area (TPSA) is 74.6 Å². The van der Waals surface area contributed by atoms with E-state index in [4.69, 9.17) is 10.2 Å². The van der Waals surface area contributed by atoms with E-state index in [1.165, 1.54) is 22.7 Å². The molecule has 0 aliphatic carbocycles. The Bertz CT molecular complexity index is 671. The molecule has 0 saturated carbocycles. The van der Waals surface area contributed by atoms with E-state index >= 15 is 0 Å². The number of thiophene rings is 2. The fraction of sp³-hybridized carbons (Fsp3) is 0.125. The minimum atomic E-state index is -0.870. The van der Waals surface area contributed by atoms with Gasteiger partial charge >= 0.3 is 11.9 Å². The third-order valence-electron chi connectivity index (χ3n) is 1.95. The van der Waals surface area contributed by atoms with Gasteiger partial charge in [0.25, 0.3) is 0 Å². The van der Waals surface area contributed by atoms with Crippen molar-refractivity contribution in [2.24, 2.45) is 0 Å². The molecule has 0 unspecified atom stereocenters. The lowest BCUT2D eigenvalue weighted by Gasteiger charge is -1.81. The number of carbonyl (C=O) groups is 2. The summed E-state index contributed by atoms with van der Waals surface area (Å²) >= 11 is 5.65. The molecule has 0 fully saturated rings. The Balaban J connectivity index is 0.000000365. The highest BCUT2D eigenvalue weighted by molar-refractivity contribution is 9.11. The molecule has 0 aliphatic rings. The van der Waals surface area contributed by atoms with Gasteiger partial charge in [-0.25, -0.2) is 9.59 Å². The Morgan fingerprint density at radius 1 is 1.04 bits per heavy atom. The highest BCUT2D eigenvalue weighted by Crippen LogP contribution is 2.21. The van der Waals surface area contributed by atoms with Crippen molar-refractivity contribution in [2.75, 3.05) is 0 Å². The lowest BCUT2D eigenvalue weighted by molar-refractivity contribution is 0.0691. The van der Waals surface area contributed by atoms with Gasteiger partial charge in [-0.3, -0.25) is 0 Å². The maximum atomic E-state index is 10.4. The number of hydrogen-bond donors (Lipinski definition) is 2. The van der Waals surface area contributed by atoms with Crippen LogP contribution in [0, 0.1) is 0 Å². The fourth-order valence-corrected chi connectivity index (χ4v) is 3.19. The molecule has 2 heterocycles. The van der Waals surface area contributed by atoms with Crippen LogP contribution in [0.5, 0.6) is 0 Å². The van der Waals surface area contributed by atoms with Crippen molar-refractivity contribution in [2.45, 2.75) is 13.8 Å². The Morgan fingerprint density at radius 2 is 1.52 bits per heavy atom. The molecule has 0 radical (unpaired) electrons. The van der Waals surface area contributed by atoms with E-state index < -0.39 is 11.9 Å². The van der Waals surface area contributed by atoms with Gasteiger partial charge in [0, 0.05) is 4.88 Å². The second kappa shape index (κ2) is 11.8. The molecule has 23 heavy (non-hydrogen) atoms. The van der Waals surface area contributed by atoms with Crippen LogP contribution in [0.25, 0.3) is 6.08 Å². The van der Waals surface area contributed by atoms with Crippen molar-refractivity contribution >= 4 is 56.6 Å². The van der Waals surface area contributed by atoms with Gasteiger partial charge in [0.15, 0.2) is 0 Å². The van der Waals surface area contributed by atoms with E-state index in [0.717, 1.165) is 8.66 Å². The SMILES string of the molecule is C/C=C/c1ccc(C(=O)O)s1.C=CC.O=C(O)c1ccc(Br)s1. The van der Waals surface area contributed by atoms with Crippen LogP contribution in [0.2, 0.25) is 0 Å². The third kappa shape index (κ3) is 9.12. The number of aromatic carboxylic acids is 2. The number of carboxylic acids is 2. The molecule has 7 heteroatoms. The average molecular weight is 417 g/mol. The van der Waals surface area contributed by atoms with Crippen LogP contribution in [-0.4, -0.2) is 22.2 Å². The molecule has 0 spiro atoms. The molecule has 0 amide bonds. The quantitative estimate of drug-likeness (QED) is 0.612. The van der Waals surface area contributed by atoms with Gasteiger partial charge in [-0.2, -0.15) is 0 Å². The first-order valence-corrected chi connectivity index (χ1v) is 8.79. The summed E-state index contributed by atoms with van der Waals surface area (Å²) < 4.78 is 0.847. The van der Waals surface area contributed by atoms with Gasteiger partial charge in [-0.05, 0) is 60.1 Å². The second-order valence-electron chi connectivity index (χ2n) is 3.82. The van der Waals surface area contributed by atoms with E-state index in [1.54, 1.807) is 30.3 Å². The molecule has 0 aromatic carbocycles. The first-order chi connectivity index (χ1) is 10.8. The molecule has 0 saturated heterocycles. The maximum absolute atomic E-state index is 10.4. The summed E-state index contributed by atoms with van der Waals surface area (Å²) in [7, 11) is 0. The Labute approximate surface area is 151 Å². The Hall–Kier alpha value is -1.70. The summed E-state index contributed by atoms with van der Waals surface area (Å²) in [6.07, 6.45) is 5.52. The maximum Gasteiger partial charge on any atom is 0.345 e. The highest BCUT2D eigenvalue weighted by Gasteiger charge is 2.04. The standard InChI is InChI=1S/C8H8O2S.C5H3BrO2S.C3H6/c1-2-3-6-4-5-7(11-6)8(9)10;6-4-2-1-3(9-4)5(7)8;1-3-2/h2-5H,1H3,(H,9,10);1-2H,(H,7,8);3H,1H2,2H3/b3-2+;;. The molecular formula is C16H17BrO4S2. The predicted molar refractivity (Wildman–Crippen MR) is 101 cm³/mol. The highest BCUT2D eigenvalue weighted by atomic mass is 79.9. The van der Waals surface area contributed by atoms with Crippen molar-refractivity contribution in [3.63, 3.8) is 0 Å². The Kier molecular flexibility index (Phi) is 10.9. The molecule has 2 rings (SSSR count). The van der Waals surface area contributed by atoms with Gasteiger partial charge in [-0.15, -0.1) is 29.3 Å². The van der Waals surface area contributed by atoms with Gasteiger partial charge < -0.3 is 10.2 Å². The molecule has 0 atom stereocenters. The smallest absolute Gasteiger partial charge is 0.345 e. The number of allylic oxidation sites excluding steroid dienone is 2. The van der Waals surface area contributed by atoms with Crippen molar-refractivity contribution in [1.82, 2.24) is 0 Å². The molecule has 2 aromatic rings. The Morgan fingerprint density at radius 3 is 1.83 bits per heavy atom. The van der Waals surface area contributed by atoms with E-state index in [1.807, 2.05) is 26.0 Å². The van der Waals surface area contributed by atoms with Crippen LogP contribution < -0.4 is 0 Å². The molecule has 124 valence electrons. The second-order valence-corrected chi connectivity index (χ2v) is 7.40. The first kappa shape index (κ1) is 21.3. The molecule has 0 aliphatic heterocycles. The van der Waals surface area contributed by atoms with E-state index in [0.29, 0.717) is 9.75 Å². The number of halogens is 1. The summed E-state index contributed by atoms with van der Waals surface area (Å²) in [5.74, 6) is -1.73. The molecule has 0 bridgehead atoms. The number of carboxylic acid groups (broad SMARTS) is 2. The zero-order chi connectivity index (χ0) is 17.8. The van der Waals surface area contributed by atoms with Crippen LogP contribution in [0.3, 0.4) is 0 Å². The fourth-order valence-electron chi connectivity index (χ4n) is 1.15. The van der Waals surface area contributed by atoms with Crippen molar-refractivity contribution in [1.29, 1.82) is 0 Å². The summed E-state index contributed by atoms with van der Waals surface area (Å²) in [5, 5.41) is 16.9. The lowest BCUT2D eigenvalue weighted by atomic mass is 10.4. The minimum absolute atomic E-state index is 0.363. The summed E-state index contributed by atoms with van der Waals surface area (Å²) in [4.78, 5) is 22.3. The zero-order valence-electron chi connectivity index (χ0n) is 12.7. The molecule has 4 nitrogen and oxygen atoms in total. The molecule has 2 N–H and O–H groups in total. The van der Waals surface area contributed by atoms with Crippen molar-refractivity contribution in [3.8, 4) is 0 Å². The van der Waals surface area contributed by atoms with E-state index in [9.17, 15) is 9.59 Å². The third-order valence-corrected chi connectivity index (χ3v) is 4.60. The number of hydrogen-bond acceptors (Lipinski definition) is 4. The molecular weight excluding hydrogens is 400 g/mol. The zero-order valence-corrected chi connectivity index (χ0v) is 15.9. The van der Waals surface area contributed by atoms with E-state index in [-0.39, 0.29) is 0 Å². The van der Waals surface area contributed by atoms with Crippen LogP contribution in [0.1, 0.15) is 38.1 Å². The summed E-state index contributed by atoms with van der Waals surface area (Å²) in [6, 6.07) is 6.70. The summed E-state index contributed by atoms with van der Waals surface area (Å²) in [6.45, 7) is 7.15. The average Bonchev–Trinajstić information content (AvgIpc) is 3.10. The van der Waals surface area contributed by atoms with Crippen LogP contribution in [0.15, 0.2) is 46.8 Å². The minimum Gasteiger partial charge on any atom is -0.477 e. The van der Waals surface area contributed by atoms with Crippen LogP contribution in [-0.2, 0) is 0 Å². The molecule has 2 aromatic heterocycles. The van der Waals surface area contributed by atoms with Crippen molar-refractivity contribution < 1.29 is 19.8 Å². The normalized spacial score (nSPS) is 9.35. The largest absolute Gasteiger partial charge is 0.477 e. The monoisotopic (exact) mass is 416 g/mol. The lowest BCUT2D eigenvalue weighted by Crippen LogP contribution is -1.89. The summed E-state index contributed by atoms with van der Waals surface area (Å²) in [5.41, 5.74) is 0. The van der Waals surface area contributed by atoms with Gasteiger partial charge in [-0.1, -0.05) is 12.2 Å². The first-order valence-electron chi connectivity index (χ1n) is 6.37. The van der Waals surface area contributed by atoms with Gasteiger partial charge in [0.2, 0.25) is 0 Å². The van der Waals surface area contributed by atoms with E-state index in [2.05, 4.69) is 22.5 Å². The van der Waals surface area contributed by atoms with Gasteiger partial charge in [0.1, 0.15) is 9.75 Å². The van der Waals surface area contributed by atoms with Gasteiger partial charge in [0.05, 0.1) is 3.79 Å². The van der Waals surface area contributed by atoms with Crippen molar-refractivity contribution in [3.05, 3.63) is 61.4 Å². The number of rotatable bonds is 3.